The van der Waals surface area contributed by atoms with Crippen molar-refractivity contribution in [3.63, 3.8) is 0 Å². The Morgan fingerprint density at radius 1 is 1.35 bits per heavy atom. The van der Waals surface area contributed by atoms with E-state index in [1.807, 2.05) is 13.8 Å². The summed E-state index contributed by atoms with van der Waals surface area (Å²) in [6, 6.07) is 0.0110. The van der Waals surface area contributed by atoms with Gasteiger partial charge in [0.15, 0.2) is 0 Å². The molecule has 1 rings (SSSR count). The molecule has 0 aromatic heterocycles. The Morgan fingerprint density at radius 3 is 2.29 bits per heavy atom. The Bertz CT molecular complexity index is 324. The zero-order chi connectivity index (χ0) is 13.1. The number of alkyl halides is 1. The van der Waals surface area contributed by atoms with Gasteiger partial charge in [-0.15, -0.1) is 0 Å². The van der Waals surface area contributed by atoms with E-state index in [-0.39, 0.29) is 6.04 Å². The lowest BCUT2D eigenvalue weighted by Gasteiger charge is -2.35. The minimum atomic E-state index is -3.27. The van der Waals surface area contributed by atoms with E-state index in [2.05, 4.69) is 22.9 Å². The second-order valence-electron chi connectivity index (χ2n) is 4.98. The molecular formula is C11H23BrN2O2S. The molecule has 0 radical (unpaired) electrons. The molecule has 1 heterocycles. The fourth-order valence-corrected chi connectivity index (χ4v) is 4.53. The van der Waals surface area contributed by atoms with Crippen molar-refractivity contribution in [1.82, 2.24) is 8.61 Å². The van der Waals surface area contributed by atoms with Crippen LogP contribution in [0.1, 0.15) is 33.6 Å². The second-order valence-corrected chi connectivity index (χ2v) is 7.66. The number of halogens is 1. The van der Waals surface area contributed by atoms with Crippen molar-refractivity contribution in [1.29, 1.82) is 0 Å². The van der Waals surface area contributed by atoms with Crippen molar-refractivity contribution in [2.45, 2.75) is 39.7 Å². The van der Waals surface area contributed by atoms with Gasteiger partial charge in [-0.25, -0.2) is 0 Å². The molecule has 1 aliphatic rings. The zero-order valence-electron chi connectivity index (χ0n) is 10.9. The van der Waals surface area contributed by atoms with Gasteiger partial charge in [-0.2, -0.15) is 17.0 Å². The van der Waals surface area contributed by atoms with Crippen LogP contribution in [-0.2, 0) is 10.2 Å². The largest absolute Gasteiger partial charge is 0.282 e. The van der Waals surface area contributed by atoms with Gasteiger partial charge < -0.3 is 0 Å². The van der Waals surface area contributed by atoms with Gasteiger partial charge in [0, 0.05) is 31.0 Å². The average Bonchev–Trinajstić information content (AvgIpc) is 2.25. The van der Waals surface area contributed by atoms with Crippen molar-refractivity contribution in [2.75, 3.05) is 25.0 Å². The van der Waals surface area contributed by atoms with Crippen molar-refractivity contribution in [3.05, 3.63) is 0 Å². The first-order valence-corrected chi connectivity index (χ1v) is 8.74. The molecule has 102 valence electrons. The fraction of sp³-hybridized carbons (Fsp3) is 1.00. The molecule has 1 saturated heterocycles. The van der Waals surface area contributed by atoms with E-state index in [4.69, 9.17) is 0 Å². The van der Waals surface area contributed by atoms with Crippen LogP contribution >= 0.6 is 15.9 Å². The molecule has 0 amide bonds. The summed E-state index contributed by atoms with van der Waals surface area (Å²) in [6.45, 7) is 7.89. The van der Waals surface area contributed by atoms with E-state index < -0.39 is 10.2 Å². The van der Waals surface area contributed by atoms with E-state index >= 15 is 0 Å². The van der Waals surface area contributed by atoms with E-state index in [0.717, 1.165) is 12.8 Å². The number of nitrogens with zero attached hydrogens (tertiary/aromatic N) is 2. The SMILES string of the molecule is CC1CCN(S(=O)(=O)N(CCBr)C(C)C)CC1. The molecule has 1 fully saturated rings. The third-order valence-electron chi connectivity index (χ3n) is 3.25. The van der Waals surface area contributed by atoms with Crippen LogP contribution in [0.15, 0.2) is 0 Å². The lowest BCUT2D eigenvalue weighted by atomic mass is 10.0. The molecule has 0 aliphatic carbocycles. The van der Waals surface area contributed by atoms with Crippen molar-refractivity contribution in [3.8, 4) is 0 Å². The van der Waals surface area contributed by atoms with Crippen LogP contribution in [0.5, 0.6) is 0 Å². The molecule has 1 aliphatic heterocycles. The maximum atomic E-state index is 12.5. The highest BCUT2D eigenvalue weighted by atomic mass is 79.9. The van der Waals surface area contributed by atoms with E-state index in [0.29, 0.717) is 30.9 Å². The van der Waals surface area contributed by atoms with Crippen LogP contribution in [0, 0.1) is 5.92 Å². The quantitative estimate of drug-likeness (QED) is 0.726. The monoisotopic (exact) mass is 326 g/mol. The highest BCUT2D eigenvalue weighted by molar-refractivity contribution is 9.09. The summed E-state index contributed by atoms with van der Waals surface area (Å²) in [6.07, 6.45) is 1.94. The number of hydrogen-bond acceptors (Lipinski definition) is 2. The Hall–Kier alpha value is 0.350. The van der Waals surface area contributed by atoms with Gasteiger partial charge in [0.25, 0.3) is 10.2 Å². The van der Waals surface area contributed by atoms with Crippen molar-refractivity contribution < 1.29 is 8.42 Å². The first-order valence-electron chi connectivity index (χ1n) is 6.22. The van der Waals surface area contributed by atoms with Crippen LogP contribution in [-0.4, -0.2) is 48.0 Å². The Kier molecular flexibility index (Phi) is 5.89. The predicted molar refractivity (Wildman–Crippen MR) is 74.5 cm³/mol. The highest BCUT2D eigenvalue weighted by Crippen LogP contribution is 2.21. The maximum absolute atomic E-state index is 12.5. The molecule has 4 nitrogen and oxygen atoms in total. The average molecular weight is 327 g/mol. The summed E-state index contributed by atoms with van der Waals surface area (Å²) in [5.41, 5.74) is 0. The van der Waals surface area contributed by atoms with Crippen LogP contribution < -0.4 is 0 Å². The third kappa shape index (κ3) is 3.91. The summed E-state index contributed by atoms with van der Waals surface area (Å²) >= 11 is 3.32. The Labute approximate surface area is 114 Å². The van der Waals surface area contributed by atoms with Crippen LogP contribution in [0.2, 0.25) is 0 Å². The molecule has 17 heavy (non-hydrogen) atoms. The smallest absolute Gasteiger partial charge is 0.195 e. The minimum Gasteiger partial charge on any atom is -0.195 e. The minimum absolute atomic E-state index is 0.0110. The molecule has 6 heteroatoms. The van der Waals surface area contributed by atoms with E-state index in [1.165, 1.54) is 0 Å². The summed E-state index contributed by atoms with van der Waals surface area (Å²) in [4.78, 5) is 0. The lowest BCUT2D eigenvalue weighted by Crippen LogP contribution is -2.49. The standard InChI is InChI=1S/C11H23BrN2O2S/c1-10(2)14(9-6-12)17(15,16)13-7-4-11(3)5-8-13/h10-11H,4-9H2,1-3H3. The Balaban J connectivity index is 2.77. The van der Waals surface area contributed by atoms with Crippen LogP contribution in [0.25, 0.3) is 0 Å². The van der Waals surface area contributed by atoms with Gasteiger partial charge in [-0.1, -0.05) is 22.9 Å². The molecule has 0 bridgehead atoms. The molecule has 0 N–H and O–H groups in total. The number of piperidine rings is 1. The van der Waals surface area contributed by atoms with Gasteiger partial charge in [-0.3, -0.25) is 0 Å². The topological polar surface area (TPSA) is 40.6 Å². The van der Waals surface area contributed by atoms with Crippen LogP contribution in [0.3, 0.4) is 0 Å². The molecule has 0 aromatic rings. The maximum Gasteiger partial charge on any atom is 0.282 e. The molecular weight excluding hydrogens is 304 g/mol. The third-order valence-corrected chi connectivity index (χ3v) is 5.82. The summed E-state index contributed by atoms with van der Waals surface area (Å²) in [5, 5.41) is 0.675. The van der Waals surface area contributed by atoms with E-state index in [1.54, 1.807) is 8.61 Å². The lowest BCUT2D eigenvalue weighted by molar-refractivity contribution is 0.256. The molecule has 0 unspecified atom stereocenters. The molecule has 0 spiro atoms. The summed E-state index contributed by atoms with van der Waals surface area (Å²) in [5.74, 6) is 0.644. The molecule has 0 aromatic carbocycles. The van der Waals surface area contributed by atoms with Crippen molar-refractivity contribution >= 4 is 26.1 Å². The molecule has 0 saturated carbocycles. The number of hydrogen-bond donors (Lipinski definition) is 0. The summed E-state index contributed by atoms with van der Waals surface area (Å²) < 4.78 is 28.1. The van der Waals surface area contributed by atoms with Gasteiger partial charge >= 0.3 is 0 Å². The first-order chi connectivity index (χ1) is 7.89. The zero-order valence-corrected chi connectivity index (χ0v) is 13.3. The van der Waals surface area contributed by atoms with Gasteiger partial charge in [-0.05, 0) is 32.6 Å². The van der Waals surface area contributed by atoms with Gasteiger partial charge in [0.05, 0.1) is 0 Å². The second kappa shape index (κ2) is 6.50. The van der Waals surface area contributed by atoms with Gasteiger partial charge in [0.2, 0.25) is 0 Å². The van der Waals surface area contributed by atoms with Gasteiger partial charge in [0.1, 0.15) is 0 Å². The Morgan fingerprint density at radius 2 is 1.88 bits per heavy atom. The first kappa shape index (κ1) is 15.4. The number of rotatable bonds is 5. The predicted octanol–water partition coefficient (Wildman–Crippen LogP) is 2.07. The molecule has 0 atom stereocenters. The van der Waals surface area contributed by atoms with E-state index in [9.17, 15) is 8.42 Å². The van der Waals surface area contributed by atoms with Crippen molar-refractivity contribution in [2.24, 2.45) is 5.92 Å². The highest BCUT2D eigenvalue weighted by Gasteiger charge is 2.32. The summed E-state index contributed by atoms with van der Waals surface area (Å²) in [7, 11) is -3.27. The normalized spacial score (nSPS) is 20.4. The fourth-order valence-electron chi connectivity index (χ4n) is 2.09. The van der Waals surface area contributed by atoms with Crippen LogP contribution in [0.4, 0.5) is 0 Å².